The second-order valence-corrected chi connectivity index (χ2v) is 11.2. The molecule has 39 heavy (non-hydrogen) atoms. The number of aryl methyl sites for hydroxylation is 1. The third-order valence-corrected chi connectivity index (χ3v) is 8.29. The number of hydrogen-bond donors (Lipinski definition) is 2. The normalized spacial score (nSPS) is 14.4. The van der Waals surface area contributed by atoms with Crippen LogP contribution in [0, 0.1) is 5.92 Å². The van der Waals surface area contributed by atoms with Gasteiger partial charge in [0.25, 0.3) is 10.0 Å². The number of fused-ring (bicyclic) bond motifs is 1. The largest absolute Gasteiger partial charge is 0.497 e. The van der Waals surface area contributed by atoms with Gasteiger partial charge in [0.05, 0.1) is 18.1 Å². The van der Waals surface area contributed by atoms with Crippen LogP contribution in [0.1, 0.15) is 25.3 Å². The topological polar surface area (TPSA) is 131 Å². The smallest absolute Gasteiger partial charge is 0.297 e. The van der Waals surface area contributed by atoms with Crippen LogP contribution >= 0.6 is 0 Å². The fraction of sp³-hybridized carbons (Fsp3) is 0.333. The number of para-hydroxylation sites is 2. The molecule has 4 aromatic rings. The minimum atomic E-state index is -4.04. The average molecular weight is 550 g/mol. The third-order valence-electron chi connectivity index (χ3n) is 6.96. The molecule has 1 fully saturated rings. The zero-order valence-corrected chi connectivity index (χ0v) is 22.9. The van der Waals surface area contributed by atoms with E-state index in [-0.39, 0.29) is 22.7 Å². The van der Waals surface area contributed by atoms with Gasteiger partial charge in [-0.2, -0.15) is 8.42 Å². The van der Waals surface area contributed by atoms with Gasteiger partial charge >= 0.3 is 0 Å². The molecule has 1 aliphatic rings. The van der Waals surface area contributed by atoms with Gasteiger partial charge in [0.2, 0.25) is 11.1 Å². The molecule has 11 nitrogen and oxygen atoms in total. The molecule has 0 unspecified atom stereocenters. The number of methoxy groups -OCH3 is 1. The first kappa shape index (κ1) is 26.4. The number of nitrogens with one attached hydrogen (secondary N) is 2. The van der Waals surface area contributed by atoms with Gasteiger partial charge in [-0.3, -0.25) is 9.52 Å². The molecule has 2 aromatic carbocycles. The highest BCUT2D eigenvalue weighted by atomic mass is 32.2. The van der Waals surface area contributed by atoms with Crippen LogP contribution in [0.3, 0.4) is 0 Å². The Labute approximate surface area is 227 Å². The van der Waals surface area contributed by atoms with Gasteiger partial charge in [0, 0.05) is 51.2 Å². The maximum Gasteiger partial charge on any atom is 0.297 e. The fourth-order valence-corrected chi connectivity index (χ4v) is 5.94. The predicted octanol–water partition coefficient (Wildman–Crippen LogP) is 3.72. The summed E-state index contributed by atoms with van der Waals surface area (Å²) in [6.07, 6.45) is 5.59. The number of aromatic nitrogens is 4. The Bertz CT molecular complexity index is 1610. The Morgan fingerprint density at radius 2 is 1.77 bits per heavy atom. The zero-order chi connectivity index (χ0) is 27.6. The Morgan fingerprint density at radius 1 is 1.08 bits per heavy atom. The second-order valence-electron chi connectivity index (χ2n) is 9.64. The lowest BCUT2D eigenvalue weighted by Crippen LogP contribution is -2.37. The predicted molar refractivity (Wildman–Crippen MR) is 149 cm³/mol. The molecule has 2 aromatic heterocycles. The number of hydrogen-bond acceptors (Lipinski definition) is 8. The first-order valence-corrected chi connectivity index (χ1v) is 14.2. The number of rotatable bonds is 8. The van der Waals surface area contributed by atoms with E-state index >= 15 is 0 Å². The van der Waals surface area contributed by atoms with Crippen LogP contribution in [-0.2, 0) is 28.3 Å². The zero-order valence-electron chi connectivity index (χ0n) is 22.1. The second kappa shape index (κ2) is 10.9. The van der Waals surface area contributed by atoms with Crippen molar-refractivity contribution in [3.05, 3.63) is 60.4 Å². The molecular formula is C27H31N7O4S. The van der Waals surface area contributed by atoms with Crippen molar-refractivity contribution in [1.29, 1.82) is 0 Å². The van der Waals surface area contributed by atoms with Crippen LogP contribution < -0.4 is 14.8 Å². The summed E-state index contributed by atoms with van der Waals surface area (Å²) in [5, 5.41) is 3.20. The Morgan fingerprint density at radius 3 is 2.38 bits per heavy atom. The molecule has 0 spiro atoms. The Hall–Kier alpha value is -4.19. The summed E-state index contributed by atoms with van der Waals surface area (Å²) >= 11 is 0. The molecule has 0 bridgehead atoms. The molecule has 1 amide bonds. The first-order valence-electron chi connectivity index (χ1n) is 12.7. The van der Waals surface area contributed by atoms with Crippen LogP contribution in [0.4, 0.5) is 17.3 Å². The molecule has 1 aliphatic heterocycles. The average Bonchev–Trinajstić information content (AvgIpc) is 3.37. The lowest BCUT2D eigenvalue weighted by molar-refractivity contribution is -0.130. The number of carbonyl (C=O) groups is 1. The lowest BCUT2D eigenvalue weighted by Gasteiger charge is -2.31. The lowest BCUT2D eigenvalue weighted by atomic mass is 9.89. The first-order chi connectivity index (χ1) is 18.7. The molecule has 12 heteroatoms. The summed E-state index contributed by atoms with van der Waals surface area (Å²) in [5.74, 6) is 1.47. The Balaban J connectivity index is 1.49. The van der Waals surface area contributed by atoms with Gasteiger partial charge in [-0.15, -0.1) is 0 Å². The highest BCUT2D eigenvalue weighted by Gasteiger charge is 2.25. The number of carbonyl (C=O) groups excluding carboxylic acids is 1. The minimum absolute atomic E-state index is 0.0558. The maximum absolute atomic E-state index is 13.2. The molecular weight excluding hydrogens is 518 g/mol. The number of nitrogens with zero attached hydrogens (tertiary/aromatic N) is 5. The Kier molecular flexibility index (Phi) is 7.38. The van der Waals surface area contributed by atoms with E-state index in [1.54, 1.807) is 33.3 Å². The summed E-state index contributed by atoms with van der Waals surface area (Å²) < 4.78 is 35.8. The van der Waals surface area contributed by atoms with Crippen molar-refractivity contribution < 1.29 is 17.9 Å². The van der Waals surface area contributed by atoms with E-state index in [9.17, 15) is 13.2 Å². The van der Waals surface area contributed by atoms with Crippen molar-refractivity contribution in [2.75, 3.05) is 30.2 Å². The summed E-state index contributed by atoms with van der Waals surface area (Å²) in [6.45, 7) is 3.10. The van der Waals surface area contributed by atoms with Crippen molar-refractivity contribution in [2.45, 2.75) is 31.3 Å². The number of anilines is 3. The highest BCUT2D eigenvalue weighted by molar-refractivity contribution is 7.92. The third kappa shape index (κ3) is 5.80. The van der Waals surface area contributed by atoms with E-state index in [0.29, 0.717) is 22.7 Å². The fourth-order valence-electron chi connectivity index (χ4n) is 4.81. The summed E-state index contributed by atoms with van der Waals surface area (Å²) in [5.41, 5.74) is 2.93. The summed E-state index contributed by atoms with van der Waals surface area (Å²) in [6, 6.07) is 13.0. The van der Waals surface area contributed by atoms with Gasteiger partial charge in [0.15, 0.2) is 11.6 Å². The SMILES string of the molecule is COc1ccc(CC2CCN(C(C)=O)CC2)c(Nc2nc3ccccc3nc2NS(=O)(=O)c2nccn2C)c1. The van der Waals surface area contributed by atoms with E-state index in [0.717, 1.165) is 43.6 Å². The van der Waals surface area contributed by atoms with Gasteiger partial charge in [-0.1, -0.05) is 18.2 Å². The molecule has 2 N–H and O–H groups in total. The van der Waals surface area contributed by atoms with E-state index in [1.807, 2.05) is 41.3 Å². The van der Waals surface area contributed by atoms with E-state index in [4.69, 9.17) is 9.72 Å². The summed E-state index contributed by atoms with van der Waals surface area (Å²) in [4.78, 5) is 26.9. The van der Waals surface area contributed by atoms with Crippen molar-refractivity contribution >= 4 is 44.3 Å². The number of benzene rings is 2. The van der Waals surface area contributed by atoms with Gasteiger partial charge in [-0.05, 0) is 48.9 Å². The summed E-state index contributed by atoms with van der Waals surface area (Å²) in [7, 11) is -0.836. The maximum atomic E-state index is 13.2. The molecule has 3 heterocycles. The molecule has 0 aliphatic carbocycles. The molecule has 0 atom stereocenters. The molecule has 0 saturated carbocycles. The van der Waals surface area contributed by atoms with Crippen LogP contribution in [0.15, 0.2) is 60.0 Å². The molecule has 0 radical (unpaired) electrons. The number of likely N-dealkylation sites (tertiary alicyclic amines) is 1. The van der Waals surface area contributed by atoms with Crippen molar-refractivity contribution in [3.8, 4) is 5.75 Å². The van der Waals surface area contributed by atoms with Crippen molar-refractivity contribution in [1.82, 2.24) is 24.4 Å². The molecule has 5 rings (SSSR count). The number of ether oxygens (including phenoxy) is 1. The van der Waals surface area contributed by atoms with Crippen LogP contribution in [0.2, 0.25) is 0 Å². The number of sulfonamides is 1. The number of imidazole rings is 1. The van der Waals surface area contributed by atoms with Crippen LogP contribution in [-0.4, -0.2) is 58.9 Å². The molecule has 204 valence electrons. The van der Waals surface area contributed by atoms with Crippen molar-refractivity contribution in [3.63, 3.8) is 0 Å². The van der Waals surface area contributed by atoms with Gasteiger partial charge in [0.1, 0.15) is 5.75 Å². The van der Waals surface area contributed by atoms with Crippen LogP contribution in [0.5, 0.6) is 5.75 Å². The van der Waals surface area contributed by atoms with E-state index < -0.39 is 10.0 Å². The van der Waals surface area contributed by atoms with Crippen molar-refractivity contribution in [2.24, 2.45) is 13.0 Å². The molecule has 1 saturated heterocycles. The minimum Gasteiger partial charge on any atom is -0.497 e. The van der Waals surface area contributed by atoms with E-state index in [1.165, 1.54) is 10.8 Å². The van der Waals surface area contributed by atoms with Crippen LogP contribution in [0.25, 0.3) is 11.0 Å². The van der Waals surface area contributed by atoms with Gasteiger partial charge in [-0.25, -0.2) is 15.0 Å². The standard InChI is InChI=1S/C27H31N7O4S/c1-18(35)34-13-10-19(11-14-34)16-20-8-9-21(38-3)17-24(20)31-25-26(30-23-7-5-4-6-22(23)29-25)32-39(36,37)27-28-12-15-33(27)2/h4-9,12,15,17,19H,10-11,13-14,16H2,1-3H3,(H,29,31)(H,30,32). The number of piperidine rings is 1. The number of amides is 1. The highest BCUT2D eigenvalue weighted by Crippen LogP contribution is 2.33. The quantitative estimate of drug-likeness (QED) is 0.340. The van der Waals surface area contributed by atoms with E-state index in [2.05, 4.69) is 20.0 Å². The monoisotopic (exact) mass is 549 g/mol. The van der Waals surface area contributed by atoms with Gasteiger partial charge < -0.3 is 19.5 Å².